The molecule has 6 heteroatoms. The first-order valence-corrected chi connectivity index (χ1v) is 6.40. The predicted molar refractivity (Wildman–Crippen MR) is 75.7 cm³/mol. The second-order valence-corrected chi connectivity index (χ2v) is 3.86. The molecule has 1 amide bonds. The lowest BCUT2D eigenvalue weighted by Gasteiger charge is -2.05. The molecular weight excluding hydrogens is 256 g/mol. The van der Waals surface area contributed by atoms with Gasteiger partial charge in [-0.1, -0.05) is 0 Å². The van der Waals surface area contributed by atoms with Gasteiger partial charge in [-0.2, -0.15) is 5.26 Å². The van der Waals surface area contributed by atoms with E-state index in [-0.39, 0.29) is 5.57 Å². The molecule has 20 heavy (non-hydrogen) atoms. The summed E-state index contributed by atoms with van der Waals surface area (Å²) in [6, 6.07) is 5.41. The van der Waals surface area contributed by atoms with Crippen LogP contribution in [0.25, 0.3) is 0 Å². The molecule has 0 fully saturated rings. The maximum atomic E-state index is 11.7. The van der Waals surface area contributed by atoms with Crippen molar-refractivity contribution in [2.45, 2.75) is 13.3 Å². The van der Waals surface area contributed by atoms with E-state index in [1.165, 1.54) is 6.20 Å². The van der Waals surface area contributed by atoms with Crippen LogP contribution in [0.5, 0.6) is 0 Å². The number of aromatic nitrogens is 1. The topological polar surface area (TPSA) is 87.0 Å². The summed E-state index contributed by atoms with van der Waals surface area (Å²) in [6.45, 7) is 3.65. The molecule has 0 atom stereocenters. The van der Waals surface area contributed by atoms with Crippen LogP contribution in [0.15, 0.2) is 36.3 Å². The lowest BCUT2D eigenvalue weighted by atomic mass is 10.3. The first-order chi connectivity index (χ1) is 9.77. The Morgan fingerprint density at radius 3 is 3.10 bits per heavy atom. The quantitative estimate of drug-likeness (QED) is 0.425. The van der Waals surface area contributed by atoms with Gasteiger partial charge in [-0.25, -0.2) is 0 Å². The molecule has 1 rings (SSSR count). The molecule has 1 aromatic rings. The second kappa shape index (κ2) is 9.53. The molecule has 0 unspecified atom stereocenters. The Morgan fingerprint density at radius 1 is 1.60 bits per heavy atom. The minimum Gasteiger partial charge on any atom is -0.382 e. The molecule has 106 valence electrons. The summed E-state index contributed by atoms with van der Waals surface area (Å²) in [7, 11) is 0. The Balaban J connectivity index is 2.41. The molecule has 1 heterocycles. The van der Waals surface area contributed by atoms with E-state index in [1.54, 1.807) is 24.5 Å². The molecule has 0 saturated heterocycles. The Kier molecular flexibility index (Phi) is 7.46. The van der Waals surface area contributed by atoms with E-state index in [2.05, 4.69) is 15.6 Å². The molecular formula is C14H18N4O2. The SMILES string of the molecule is CCOCCCNC(=O)/C(C#N)=C\Nc1cccnc1. The number of nitrogens with one attached hydrogen (secondary N) is 2. The van der Waals surface area contributed by atoms with Crippen molar-refractivity contribution >= 4 is 11.6 Å². The van der Waals surface area contributed by atoms with Crippen LogP contribution in [0, 0.1) is 11.3 Å². The lowest BCUT2D eigenvalue weighted by molar-refractivity contribution is -0.117. The summed E-state index contributed by atoms with van der Waals surface area (Å²) in [5, 5.41) is 14.5. The van der Waals surface area contributed by atoms with Gasteiger partial charge in [0.25, 0.3) is 5.91 Å². The van der Waals surface area contributed by atoms with Gasteiger partial charge in [0, 0.05) is 32.2 Å². The Labute approximate surface area is 118 Å². The normalized spacial score (nSPS) is 10.7. The first kappa shape index (κ1) is 15.7. The molecule has 0 radical (unpaired) electrons. The minimum atomic E-state index is -0.402. The van der Waals surface area contributed by atoms with Gasteiger partial charge in [0.05, 0.1) is 11.9 Å². The Morgan fingerprint density at radius 2 is 2.45 bits per heavy atom. The number of hydrogen-bond acceptors (Lipinski definition) is 5. The largest absolute Gasteiger partial charge is 0.382 e. The van der Waals surface area contributed by atoms with E-state index in [0.717, 1.165) is 0 Å². The van der Waals surface area contributed by atoms with Crippen LogP contribution in [0.3, 0.4) is 0 Å². The number of nitrogens with zero attached hydrogens (tertiary/aromatic N) is 2. The molecule has 1 aromatic heterocycles. The van der Waals surface area contributed by atoms with Gasteiger partial charge in [0.15, 0.2) is 0 Å². The number of nitriles is 1. The van der Waals surface area contributed by atoms with E-state index in [0.29, 0.717) is 31.9 Å². The zero-order valence-electron chi connectivity index (χ0n) is 11.4. The highest BCUT2D eigenvalue weighted by Gasteiger charge is 2.07. The van der Waals surface area contributed by atoms with Gasteiger partial charge in [-0.3, -0.25) is 9.78 Å². The number of rotatable bonds is 8. The van der Waals surface area contributed by atoms with Gasteiger partial charge in [-0.05, 0) is 25.5 Å². The molecule has 0 spiro atoms. The second-order valence-electron chi connectivity index (χ2n) is 3.86. The van der Waals surface area contributed by atoms with Crippen molar-refractivity contribution in [2.75, 3.05) is 25.1 Å². The van der Waals surface area contributed by atoms with E-state index in [4.69, 9.17) is 10.00 Å². The standard InChI is InChI=1S/C14H18N4O2/c1-2-20-8-4-7-17-14(19)12(9-15)10-18-13-5-3-6-16-11-13/h3,5-6,10-11,18H,2,4,7-8H2,1H3,(H,17,19)/b12-10-. The maximum absolute atomic E-state index is 11.7. The number of carbonyl (C=O) groups excluding carboxylic acids is 1. The van der Waals surface area contributed by atoms with Crippen LogP contribution < -0.4 is 10.6 Å². The molecule has 6 nitrogen and oxygen atoms in total. The number of hydrogen-bond donors (Lipinski definition) is 2. The van der Waals surface area contributed by atoms with Crippen molar-refractivity contribution < 1.29 is 9.53 Å². The van der Waals surface area contributed by atoms with E-state index >= 15 is 0 Å². The summed E-state index contributed by atoms with van der Waals surface area (Å²) in [6.07, 6.45) is 5.33. The average Bonchev–Trinajstić information content (AvgIpc) is 2.48. The van der Waals surface area contributed by atoms with Gasteiger partial charge in [0.1, 0.15) is 11.6 Å². The lowest BCUT2D eigenvalue weighted by Crippen LogP contribution is -2.26. The highest BCUT2D eigenvalue weighted by molar-refractivity contribution is 5.97. The van der Waals surface area contributed by atoms with E-state index in [1.807, 2.05) is 13.0 Å². The minimum absolute atomic E-state index is 0.0188. The van der Waals surface area contributed by atoms with Crippen molar-refractivity contribution in [2.24, 2.45) is 0 Å². The first-order valence-electron chi connectivity index (χ1n) is 6.40. The molecule has 0 aliphatic heterocycles. The fourth-order valence-electron chi connectivity index (χ4n) is 1.37. The van der Waals surface area contributed by atoms with Crippen LogP contribution >= 0.6 is 0 Å². The predicted octanol–water partition coefficient (Wildman–Crippen LogP) is 1.44. The molecule has 0 bridgehead atoms. The van der Waals surface area contributed by atoms with Crippen LogP contribution in [0.4, 0.5) is 5.69 Å². The number of pyridine rings is 1. The highest BCUT2D eigenvalue weighted by atomic mass is 16.5. The van der Waals surface area contributed by atoms with Crippen molar-refractivity contribution in [1.82, 2.24) is 10.3 Å². The average molecular weight is 274 g/mol. The fraction of sp³-hybridized carbons (Fsp3) is 0.357. The Bertz CT molecular complexity index is 480. The smallest absolute Gasteiger partial charge is 0.263 e. The summed E-state index contributed by atoms with van der Waals surface area (Å²) < 4.78 is 5.16. The van der Waals surface area contributed by atoms with Crippen molar-refractivity contribution in [3.8, 4) is 6.07 Å². The molecule has 0 saturated carbocycles. The van der Waals surface area contributed by atoms with Gasteiger partial charge in [0.2, 0.25) is 0 Å². The van der Waals surface area contributed by atoms with Crippen LogP contribution in [0.1, 0.15) is 13.3 Å². The van der Waals surface area contributed by atoms with Gasteiger partial charge in [-0.15, -0.1) is 0 Å². The van der Waals surface area contributed by atoms with Crippen LogP contribution in [0.2, 0.25) is 0 Å². The number of ether oxygens (including phenoxy) is 1. The molecule has 2 N–H and O–H groups in total. The van der Waals surface area contributed by atoms with Gasteiger partial charge < -0.3 is 15.4 Å². The molecule has 0 aromatic carbocycles. The monoisotopic (exact) mass is 274 g/mol. The number of amides is 1. The summed E-state index contributed by atoms with van der Waals surface area (Å²) in [4.78, 5) is 15.7. The summed E-state index contributed by atoms with van der Waals surface area (Å²) in [5.74, 6) is -0.402. The Hall–Kier alpha value is -2.39. The summed E-state index contributed by atoms with van der Waals surface area (Å²) in [5.41, 5.74) is 0.731. The third kappa shape index (κ3) is 5.98. The zero-order chi connectivity index (χ0) is 14.6. The number of carbonyl (C=O) groups is 1. The fourth-order valence-corrected chi connectivity index (χ4v) is 1.37. The van der Waals surface area contributed by atoms with Crippen LogP contribution in [-0.2, 0) is 9.53 Å². The van der Waals surface area contributed by atoms with E-state index < -0.39 is 5.91 Å². The zero-order valence-corrected chi connectivity index (χ0v) is 11.4. The van der Waals surface area contributed by atoms with E-state index in [9.17, 15) is 4.79 Å². The molecule has 0 aliphatic carbocycles. The van der Waals surface area contributed by atoms with Crippen molar-refractivity contribution in [1.29, 1.82) is 5.26 Å². The third-order valence-corrected chi connectivity index (χ3v) is 2.36. The van der Waals surface area contributed by atoms with Crippen molar-refractivity contribution in [3.05, 3.63) is 36.3 Å². The summed E-state index contributed by atoms with van der Waals surface area (Å²) >= 11 is 0. The van der Waals surface area contributed by atoms with Crippen LogP contribution in [-0.4, -0.2) is 30.6 Å². The third-order valence-electron chi connectivity index (χ3n) is 2.36. The highest BCUT2D eigenvalue weighted by Crippen LogP contribution is 2.03. The van der Waals surface area contributed by atoms with Gasteiger partial charge >= 0.3 is 0 Å². The molecule has 0 aliphatic rings. The maximum Gasteiger partial charge on any atom is 0.263 e. The van der Waals surface area contributed by atoms with Crippen molar-refractivity contribution in [3.63, 3.8) is 0 Å². The number of anilines is 1.